The number of rotatable bonds is 4. The molecule has 2 heterocycles. The minimum Gasteiger partial charge on any atom is -0.494 e. The molecule has 7 nitrogen and oxygen atoms in total. The largest absolute Gasteiger partial charge is 0.494 e. The summed E-state index contributed by atoms with van der Waals surface area (Å²) in [6, 6.07) is 9.58. The van der Waals surface area contributed by atoms with Crippen LogP contribution in [0.5, 0.6) is 5.75 Å². The van der Waals surface area contributed by atoms with E-state index in [-0.39, 0.29) is 29.5 Å². The van der Waals surface area contributed by atoms with Crippen LogP contribution < -0.4 is 10.1 Å². The highest BCUT2D eigenvalue weighted by Crippen LogP contribution is 2.38. The van der Waals surface area contributed by atoms with Crippen molar-refractivity contribution in [2.45, 2.75) is 12.8 Å². The van der Waals surface area contributed by atoms with E-state index in [2.05, 4.69) is 10.3 Å². The Labute approximate surface area is 165 Å². The number of aryl methyl sites for hydroxylation is 1. The van der Waals surface area contributed by atoms with Gasteiger partial charge in [0.1, 0.15) is 5.69 Å². The molecule has 0 aliphatic carbocycles. The third-order valence-corrected chi connectivity index (χ3v) is 4.84. The molecule has 8 heteroatoms. The molecular weight excluding hydrogens is 377 g/mol. The van der Waals surface area contributed by atoms with Crippen molar-refractivity contribution in [2.75, 3.05) is 12.4 Å². The summed E-state index contributed by atoms with van der Waals surface area (Å²) < 4.78 is 18.7. The third-order valence-electron chi connectivity index (χ3n) is 4.84. The summed E-state index contributed by atoms with van der Waals surface area (Å²) >= 11 is 0. The van der Waals surface area contributed by atoms with E-state index in [1.165, 1.54) is 19.2 Å². The summed E-state index contributed by atoms with van der Waals surface area (Å²) in [6.07, 6.45) is 3.94. The lowest BCUT2D eigenvalue weighted by Crippen LogP contribution is -2.20. The lowest BCUT2D eigenvalue weighted by atomic mass is 9.95. The predicted molar refractivity (Wildman–Crippen MR) is 105 cm³/mol. The van der Waals surface area contributed by atoms with Gasteiger partial charge in [0, 0.05) is 36.0 Å². The summed E-state index contributed by atoms with van der Waals surface area (Å²) in [7, 11) is 1.39. The number of pyridine rings is 1. The smallest absolute Gasteiger partial charge is 0.293 e. The summed E-state index contributed by atoms with van der Waals surface area (Å²) in [4.78, 5) is 26.9. The number of aromatic nitrogens is 1. The average Bonchev–Trinajstić information content (AvgIpc) is 2.73. The fraction of sp³-hybridized carbons (Fsp3) is 0.143. The van der Waals surface area contributed by atoms with Gasteiger partial charge in [0.2, 0.25) is 5.91 Å². The van der Waals surface area contributed by atoms with E-state index in [4.69, 9.17) is 4.74 Å². The Kier molecular flexibility index (Phi) is 4.67. The van der Waals surface area contributed by atoms with Gasteiger partial charge >= 0.3 is 0 Å². The molecule has 0 unspecified atom stereocenters. The number of nitrogens with one attached hydrogen (secondary N) is 1. The molecule has 0 fully saturated rings. The van der Waals surface area contributed by atoms with Crippen LogP contribution in [0.25, 0.3) is 22.3 Å². The number of carbonyl (C=O) groups excluding carboxylic acids is 1. The van der Waals surface area contributed by atoms with Gasteiger partial charge in [0.15, 0.2) is 11.6 Å². The number of hydrogen-bond donors (Lipinski definition) is 1. The van der Waals surface area contributed by atoms with Crippen LogP contribution in [0, 0.1) is 15.9 Å². The summed E-state index contributed by atoms with van der Waals surface area (Å²) in [5, 5.41) is 14.1. The number of amides is 1. The maximum atomic E-state index is 13.7. The van der Waals surface area contributed by atoms with E-state index in [0.717, 1.165) is 5.56 Å². The zero-order valence-electron chi connectivity index (χ0n) is 15.4. The van der Waals surface area contributed by atoms with Gasteiger partial charge in [-0.25, -0.2) is 4.39 Å². The molecule has 146 valence electrons. The number of benzene rings is 2. The van der Waals surface area contributed by atoms with Crippen molar-refractivity contribution in [1.82, 2.24) is 4.98 Å². The van der Waals surface area contributed by atoms with E-state index in [1.54, 1.807) is 24.5 Å². The van der Waals surface area contributed by atoms with Gasteiger partial charge in [-0.2, -0.15) is 0 Å². The highest BCUT2D eigenvalue weighted by atomic mass is 19.1. The van der Waals surface area contributed by atoms with E-state index in [1.807, 2.05) is 12.1 Å². The average molecular weight is 393 g/mol. The van der Waals surface area contributed by atoms with Crippen molar-refractivity contribution in [3.8, 4) is 28.0 Å². The number of nitro groups is 1. The first-order valence-corrected chi connectivity index (χ1v) is 8.87. The predicted octanol–water partition coefficient (Wildman–Crippen LogP) is 4.36. The van der Waals surface area contributed by atoms with Crippen molar-refractivity contribution in [1.29, 1.82) is 0 Å². The summed E-state index contributed by atoms with van der Waals surface area (Å²) in [5.41, 5.74) is 3.53. The van der Waals surface area contributed by atoms with Crippen molar-refractivity contribution < 1.29 is 18.8 Å². The molecule has 1 N–H and O–H groups in total. The van der Waals surface area contributed by atoms with Crippen molar-refractivity contribution in [3.63, 3.8) is 0 Å². The van der Waals surface area contributed by atoms with Crippen LogP contribution in [0.15, 0.2) is 48.8 Å². The fourth-order valence-corrected chi connectivity index (χ4v) is 3.38. The number of nitrogens with zero attached hydrogens (tertiary/aromatic N) is 2. The number of nitro benzene ring substituents is 1. The van der Waals surface area contributed by atoms with Crippen LogP contribution >= 0.6 is 0 Å². The number of ether oxygens (including phenoxy) is 1. The number of fused-ring (bicyclic) bond motifs is 1. The summed E-state index contributed by atoms with van der Waals surface area (Å²) in [5.74, 6) is -0.581. The normalized spacial score (nSPS) is 12.8. The Bertz CT molecular complexity index is 1150. The zero-order chi connectivity index (χ0) is 20.5. The van der Waals surface area contributed by atoms with E-state index in [9.17, 15) is 19.3 Å². The van der Waals surface area contributed by atoms with Crippen LogP contribution in [0.3, 0.4) is 0 Å². The quantitative estimate of drug-likeness (QED) is 0.525. The van der Waals surface area contributed by atoms with Crippen LogP contribution in [-0.4, -0.2) is 22.9 Å². The number of hydrogen-bond acceptors (Lipinski definition) is 5. The SMILES string of the molecule is COc1cc(-c2cncc(-c3cc4c(c([N+](=O)[O-])c3)NC(=O)CC4)c2)ccc1F. The molecule has 2 aromatic carbocycles. The van der Waals surface area contributed by atoms with Gasteiger partial charge in [-0.05, 0) is 47.4 Å². The van der Waals surface area contributed by atoms with Crippen LogP contribution in [-0.2, 0) is 11.2 Å². The molecule has 0 saturated carbocycles. The molecule has 0 spiro atoms. The zero-order valence-corrected chi connectivity index (χ0v) is 15.4. The number of halogens is 1. The molecule has 1 amide bonds. The maximum Gasteiger partial charge on any atom is 0.293 e. The number of carbonyl (C=O) groups is 1. The molecule has 29 heavy (non-hydrogen) atoms. The topological polar surface area (TPSA) is 94.4 Å². The molecule has 0 bridgehead atoms. The maximum absolute atomic E-state index is 13.7. The van der Waals surface area contributed by atoms with Crippen LogP contribution in [0.2, 0.25) is 0 Å². The molecule has 0 radical (unpaired) electrons. The van der Waals surface area contributed by atoms with Crippen molar-refractivity contribution in [2.24, 2.45) is 0 Å². The molecule has 1 aliphatic rings. The van der Waals surface area contributed by atoms with E-state index >= 15 is 0 Å². The molecule has 3 aromatic rings. The molecule has 1 aromatic heterocycles. The number of anilines is 1. The Morgan fingerprint density at radius 2 is 1.83 bits per heavy atom. The van der Waals surface area contributed by atoms with E-state index < -0.39 is 10.7 Å². The second-order valence-electron chi connectivity index (χ2n) is 6.65. The molecule has 0 saturated heterocycles. The van der Waals surface area contributed by atoms with E-state index in [0.29, 0.717) is 28.7 Å². The number of methoxy groups -OCH3 is 1. The Hall–Kier alpha value is -3.81. The molecule has 4 rings (SSSR count). The van der Waals surface area contributed by atoms with Gasteiger partial charge in [0.25, 0.3) is 5.69 Å². The lowest BCUT2D eigenvalue weighted by Gasteiger charge is -2.18. The first kappa shape index (κ1) is 18.5. The fourth-order valence-electron chi connectivity index (χ4n) is 3.38. The molecule has 1 aliphatic heterocycles. The monoisotopic (exact) mass is 393 g/mol. The standard InChI is InChI=1S/C21H16FN3O4/c1-29-19-9-12(2-4-17(19)22)15-7-16(11-23-10-15)14-6-13-3-5-20(26)24-21(13)18(8-14)25(27)28/h2,4,6-11H,3,5H2,1H3,(H,24,26). The Balaban J connectivity index is 1.80. The van der Waals surface area contributed by atoms with Crippen LogP contribution in [0.4, 0.5) is 15.8 Å². The molecular formula is C21H16FN3O4. The van der Waals surface area contributed by atoms with Gasteiger partial charge in [-0.15, -0.1) is 0 Å². The minimum absolute atomic E-state index is 0.119. The van der Waals surface area contributed by atoms with Gasteiger partial charge in [-0.3, -0.25) is 19.9 Å². The highest BCUT2D eigenvalue weighted by Gasteiger charge is 2.25. The van der Waals surface area contributed by atoms with Gasteiger partial charge in [-0.1, -0.05) is 6.07 Å². The molecule has 0 atom stereocenters. The van der Waals surface area contributed by atoms with Gasteiger partial charge < -0.3 is 10.1 Å². The lowest BCUT2D eigenvalue weighted by molar-refractivity contribution is -0.383. The Morgan fingerprint density at radius 1 is 1.07 bits per heavy atom. The second kappa shape index (κ2) is 7.31. The van der Waals surface area contributed by atoms with Crippen LogP contribution in [0.1, 0.15) is 12.0 Å². The van der Waals surface area contributed by atoms with Crippen molar-refractivity contribution in [3.05, 3.63) is 70.3 Å². The first-order chi connectivity index (χ1) is 14.0. The third kappa shape index (κ3) is 3.52. The second-order valence-corrected chi connectivity index (χ2v) is 6.65. The Morgan fingerprint density at radius 3 is 2.55 bits per heavy atom. The summed E-state index contributed by atoms with van der Waals surface area (Å²) in [6.45, 7) is 0. The first-order valence-electron chi connectivity index (χ1n) is 8.87. The highest BCUT2D eigenvalue weighted by molar-refractivity contribution is 5.97. The van der Waals surface area contributed by atoms with Crippen molar-refractivity contribution >= 4 is 17.3 Å². The van der Waals surface area contributed by atoms with Gasteiger partial charge in [0.05, 0.1) is 12.0 Å². The minimum atomic E-state index is -0.504.